The number of thiazole rings is 1. The van der Waals surface area contributed by atoms with E-state index in [0.29, 0.717) is 9.50 Å². The van der Waals surface area contributed by atoms with Crippen molar-refractivity contribution in [2.75, 3.05) is 0 Å². The van der Waals surface area contributed by atoms with Crippen LogP contribution in [0.5, 0.6) is 0 Å². The minimum atomic E-state index is -0.565. The Balaban J connectivity index is 2.19. The lowest BCUT2D eigenvalue weighted by atomic mass is 10.3. The molecule has 0 saturated carbocycles. The molecule has 21 heavy (non-hydrogen) atoms. The Labute approximate surface area is 122 Å². The number of nitrogens with zero attached hydrogens (tertiary/aromatic N) is 3. The predicted molar refractivity (Wildman–Crippen MR) is 75.0 cm³/mol. The highest BCUT2D eigenvalue weighted by Crippen LogP contribution is 2.18. The molecule has 0 aliphatic heterocycles. The van der Waals surface area contributed by atoms with Gasteiger partial charge in [0.2, 0.25) is 5.76 Å². The number of carbonyl (C=O) groups excluding carboxylic acids is 1. The molecular weight excluding hydrogens is 293 g/mol. The fourth-order valence-corrected chi connectivity index (χ4v) is 2.90. The van der Waals surface area contributed by atoms with Crippen LogP contribution in [0.25, 0.3) is 10.2 Å². The maximum Gasteiger partial charge on any atom is 0.318 e. The molecule has 2 aromatic heterocycles. The lowest BCUT2D eigenvalue weighted by Gasteiger charge is -1.98. The number of terminal acetylenes is 1. The third-order valence-corrected chi connectivity index (χ3v) is 3.78. The molecule has 0 aliphatic carbocycles. The van der Waals surface area contributed by atoms with Crippen molar-refractivity contribution in [1.82, 2.24) is 9.72 Å². The summed E-state index contributed by atoms with van der Waals surface area (Å²) in [6.45, 7) is 0.230. The number of carbonyl (C=O) groups is 1. The maximum absolute atomic E-state index is 13.3. The second kappa shape index (κ2) is 5.34. The quantitative estimate of drug-likeness (QED) is 0.682. The Hall–Kier alpha value is -2.72. The zero-order chi connectivity index (χ0) is 14.8. The van der Waals surface area contributed by atoms with Crippen LogP contribution in [0.4, 0.5) is 4.39 Å². The van der Waals surface area contributed by atoms with Crippen molar-refractivity contribution in [3.05, 3.63) is 46.8 Å². The van der Waals surface area contributed by atoms with Crippen LogP contribution >= 0.6 is 11.3 Å². The molecule has 1 aromatic carbocycles. The summed E-state index contributed by atoms with van der Waals surface area (Å²) in [6, 6.07) is 5.75. The van der Waals surface area contributed by atoms with Crippen LogP contribution in [-0.4, -0.2) is 15.6 Å². The highest BCUT2D eigenvalue weighted by atomic mass is 32.1. The van der Waals surface area contributed by atoms with Gasteiger partial charge < -0.3 is 9.09 Å². The Bertz CT molecular complexity index is 916. The summed E-state index contributed by atoms with van der Waals surface area (Å²) in [4.78, 5) is 16.3. The largest absolute Gasteiger partial charge is 0.351 e. The minimum Gasteiger partial charge on any atom is -0.351 e. The van der Waals surface area contributed by atoms with Gasteiger partial charge in [-0.3, -0.25) is 4.79 Å². The van der Waals surface area contributed by atoms with Gasteiger partial charge in [0, 0.05) is 6.07 Å². The van der Waals surface area contributed by atoms with E-state index in [1.165, 1.54) is 35.7 Å². The van der Waals surface area contributed by atoms with Gasteiger partial charge in [0.25, 0.3) is 0 Å². The first kappa shape index (κ1) is 13.3. The summed E-state index contributed by atoms with van der Waals surface area (Å²) >= 11 is 1.18. The van der Waals surface area contributed by atoms with Crippen molar-refractivity contribution in [1.29, 1.82) is 0 Å². The number of benzene rings is 1. The van der Waals surface area contributed by atoms with Crippen LogP contribution in [0.3, 0.4) is 0 Å². The van der Waals surface area contributed by atoms with Crippen molar-refractivity contribution in [2.24, 2.45) is 4.99 Å². The molecule has 3 aromatic rings. The van der Waals surface area contributed by atoms with Crippen LogP contribution in [0.1, 0.15) is 10.6 Å². The topological polar surface area (TPSA) is 60.4 Å². The van der Waals surface area contributed by atoms with Gasteiger partial charge in [-0.15, -0.1) is 6.42 Å². The molecule has 2 heterocycles. The van der Waals surface area contributed by atoms with E-state index < -0.39 is 5.91 Å². The van der Waals surface area contributed by atoms with E-state index in [4.69, 9.17) is 10.9 Å². The predicted octanol–water partition coefficient (Wildman–Crippen LogP) is 2.20. The van der Waals surface area contributed by atoms with E-state index in [0.717, 1.165) is 5.52 Å². The summed E-state index contributed by atoms with van der Waals surface area (Å²) < 4.78 is 20.4. The number of fused-ring (bicyclic) bond motifs is 1. The SMILES string of the molecule is C#CCn1c(=NC(=O)c2ccno2)sc2cc(F)ccc21. The Kier molecular flexibility index (Phi) is 3.38. The number of hydrogen-bond acceptors (Lipinski definition) is 4. The lowest BCUT2D eigenvalue weighted by molar-refractivity contribution is 0.0962. The molecule has 1 amide bonds. The van der Waals surface area contributed by atoms with Gasteiger partial charge in [0.05, 0.1) is 23.0 Å². The molecule has 0 saturated heterocycles. The molecule has 0 aliphatic rings. The standard InChI is InChI=1S/C14H8FN3O2S/c1-2-7-18-10-4-3-9(15)8-12(10)21-14(18)17-13(19)11-5-6-16-20-11/h1,3-6,8H,7H2. The second-order valence-electron chi connectivity index (χ2n) is 4.08. The van der Waals surface area contributed by atoms with Crippen LogP contribution in [-0.2, 0) is 6.54 Å². The van der Waals surface area contributed by atoms with E-state index in [1.54, 1.807) is 10.6 Å². The number of aromatic nitrogens is 2. The zero-order valence-electron chi connectivity index (χ0n) is 10.6. The van der Waals surface area contributed by atoms with Gasteiger partial charge in [0.1, 0.15) is 5.82 Å². The van der Waals surface area contributed by atoms with Crippen molar-refractivity contribution in [3.8, 4) is 12.3 Å². The summed E-state index contributed by atoms with van der Waals surface area (Å²) in [7, 11) is 0. The number of hydrogen-bond donors (Lipinski definition) is 0. The molecule has 7 heteroatoms. The Morgan fingerprint density at radius 3 is 3.10 bits per heavy atom. The second-order valence-corrected chi connectivity index (χ2v) is 5.09. The molecule has 0 N–H and O–H groups in total. The average Bonchev–Trinajstić information content (AvgIpc) is 3.08. The molecule has 0 radical (unpaired) electrons. The third kappa shape index (κ3) is 2.49. The summed E-state index contributed by atoms with van der Waals surface area (Å²) in [5, 5.41) is 3.46. The van der Waals surface area contributed by atoms with Crippen molar-refractivity contribution >= 4 is 27.5 Å². The zero-order valence-corrected chi connectivity index (χ0v) is 11.4. The van der Waals surface area contributed by atoms with Crippen molar-refractivity contribution < 1.29 is 13.7 Å². The molecule has 5 nitrogen and oxygen atoms in total. The van der Waals surface area contributed by atoms with Crippen molar-refractivity contribution in [2.45, 2.75) is 6.54 Å². The van der Waals surface area contributed by atoms with Gasteiger partial charge in [-0.05, 0) is 18.2 Å². The summed E-state index contributed by atoms with van der Waals surface area (Å²) in [6.07, 6.45) is 6.70. The first-order chi connectivity index (χ1) is 10.2. The minimum absolute atomic E-state index is 0.0332. The fraction of sp³-hybridized carbons (Fsp3) is 0.0714. The first-order valence-electron chi connectivity index (χ1n) is 5.91. The van der Waals surface area contributed by atoms with Crippen molar-refractivity contribution in [3.63, 3.8) is 0 Å². The fourth-order valence-electron chi connectivity index (χ4n) is 1.84. The Morgan fingerprint density at radius 2 is 2.38 bits per heavy atom. The molecule has 0 atom stereocenters. The number of rotatable bonds is 2. The van der Waals surface area contributed by atoms with E-state index in [1.807, 2.05) is 0 Å². The number of amides is 1. The van der Waals surface area contributed by atoms with E-state index in [9.17, 15) is 9.18 Å². The summed E-state index contributed by atoms with van der Waals surface area (Å²) in [5.74, 6) is 1.61. The Morgan fingerprint density at radius 1 is 1.52 bits per heavy atom. The van der Waals surface area contributed by atoms with E-state index >= 15 is 0 Å². The molecule has 0 unspecified atom stereocenters. The van der Waals surface area contributed by atoms with Gasteiger partial charge in [-0.25, -0.2) is 4.39 Å². The van der Waals surface area contributed by atoms with Crippen LogP contribution < -0.4 is 4.80 Å². The average molecular weight is 301 g/mol. The smallest absolute Gasteiger partial charge is 0.318 e. The summed E-state index contributed by atoms with van der Waals surface area (Å²) in [5.41, 5.74) is 0.725. The van der Waals surface area contributed by atoms with Gasteiger partial charge in [-0.2, -0.15) is 4.99 Å². The highest BCUT2D eigenvalue weighted by Gasteiger charge is 2.11. The molecule has 104 valence electrons. The molecule has 0 fully saturated rings. The maximum atomic E-state index is 13.3. The van der Waals surface area contributed by atoms with E-state index in [2.05, 4.69) is 16.1 Å². The first-order valence-corrected chi connectivity index (χ1v) is 6.73. The van der Waals surface area contributed by atoms with Crippen LogP contribution in [0, 0.1) is 18.2 Å². The molecule has 0 bridgehead atoms. The van der Waals surface area contributed by atoms with Crippen LogP contribution in [0.2, 0.25) is 0 Å². The van der Waals surface area contributed by atoms with Gasteiger partial charge in [0.15, 0.2) is 4.80 Å². The third-order valence-electron chi connectivity index (χ3n) is 2.74. The highest BCUT2D eigenvalue weighted by molar-refractivity contribution is 7.16. The lowest BCUT2D eigenvalue weighted by Crippen LogP contribution is -2.16. The normalized spacial score (nSPS) is 11.7. The molecular formula is C14H8FN3O2S. The molecule has 0 spiro atoms. The van der Waals surface area contributed by atoms with E-state index in [-0.39, 0.29) is 18.1 Å². The van der Waals surface area contributed by atoms with Gasteiger partial charge in [-0.1, -0.05) is 22.4 Å². The van der Waals surface area contributed by atoms with Crippen LogP contribution in [0.15, 0.2) is 40.0 Å². The monoisotopic (exact) mass is 301 g/mol. The molecule has 3 rings (SSSR count). The van der Waals surface area contributed by atoms with Gasteiger partial charge >= 0.3 is 5.91 Å². The number of halogens is 1.